The highest BCUT2D eigenvalue weighted by Gasteiger charge is 2.35. The van der Waals surface area contributed by atoms with E-state index in [0.29, 0.717) is 10.0 Å². The highest BCUT2D eigenvalue weighted by molar-refractivity contribution is 6.33. The molecule has 0 radical (unpaired) electrons. The fourth-order valence-corrected chi connectivity index (χ4v) is 4.90. The molecular formula is C22H21Cl2N3O. The molecule has 6 heteroatoms. The number of nitrogens with one attached hydrogen (secondary N) is 1. The third kappa shape index (κ3) is 3.15. The van der Waals surface area contributed by atoms with Gasteiger partial charge < -0.3 is 10.1 Å². The summed E-state index contributed by atoms with van der Waals surface area (Å²) in [6.45, 7) is 1.64. The van der Waals surface area contributed by atoms with Crippen LogP contribution in [0.2, 0.25) is 10.0 Å². The van der Waals surface area contributed by atoms with Crippen LogP contribution in [-0.2, 0) is 19.4 Å². The average Bonchev–Trinajstić information content (AvgIpc) is 3.12. The number of hydrogen-bond acceptors (Lipinski definition) is 3. The molecule has 0 bridgehead atoms. The van der Waals surface area contributed by atoms with E-state index in [9.17, 15) is 5.11 Å². The Morgan fingerprint density at radius 1 is 1.11 bits per heavy atom. The molecular weight excluding hydrogens is 393 g/mol. The molecule has 28 heavy (non-hydrogen) atoms. The second-order valence-electron chi connectivity index (χ2n) is 7.60. The number of H-pyrrole nitrogens is 1. The zero-order valence-electron chi connectivity index (χ0n) is 15.3. The first kappa shape index (κ1) is 18.2. The minimum Gasteiger partial charge on any atom is -0.387 e. The topological polar surface area (TPSA) is 52.1 Å². The van der Waals surface area contributed by atoms with Gasteiger partial charge in [0.15, 0.2) is 0 Å². The van der Waals surface area contributed by atoms with E-state index >= 15 is 0 Å². The number of rotatable bonds is 2. The SMILES string of the molecule is O[C@H]1c2cc(Cl)ccc2CC[C@@H]1N1CCc2nc(-c3ccccc3Cl)[nH]c2C1. The minimum atomic E-state index is -0.519. The first-order valence-corrected chi connectivity index (χ1v) is 10.4. The fourth-order valence-electron chi connectivity index (χ4n) is 4.50. The molecule has 1 aliphatic heterocycles. The van der Waals surface area contributed by atoms with Gasteiger partial charge in [0.25, 0.3) is 0 Å². The summed E-state index contributed by atoms with van der Waals surface area (Å²) in [5, 5.41) is 12.4. The van der Waals surface area contributed by atoms with Crippen molar-refractivity contribution >= 4 is 23.2 Å². The van der Waals surface area contributed by atoms with Crippen LogP contribution in [0.4, 0.5) is 0 Å². The van der Waals surface area contributed by atoms with Gasteiger partial charge in [-0.2, -0.15) is 0 Å². The van der Waals surface area contributed by atoms with Gasteiger partial charge in [-0.05, 0) is 48.2 Å². The molecule has 3 aromatic rings. The minimum absolute atomic E-state index is 0.0891. The van der Waals surface area contributed by atoms with Crippen LogP contribution in [0, 0.1) is 0 Å². The summed E-state index contributed by atoms with van der Waals surface area (Å²) in [4.78, 5) is 10.6. The summed E-state index contributed by atoms with van der Waals surface area (Å²) in [5.41, 5.74) is 5.31. The molecule has 1 aromatic heterocycles. The second-order valence-corrected chi connectivity index (χ2v) is 8.45. The molecule has 2 N–H and O–H groups in total. The van der Waals surface area contributed by atoms with E-state index < -0.39 is 6.10 Å². The van der Waals surface area contributed by atoms with Gasteiger partial charge in [0, 0.05) is 36.1 Å². The van der Waals surface area contributed by atoms with Crippen molar-refractivity contribution in [2.45, 2.75) is 38.0 Å². The Bertz CT molecular complexity index is 1030. The molecule has 2 heterocycles. The molecule has 4 nitrogen and oxygen atoms in total. The third-order valence-corrected chi connectivity index (χ3v) is 6.52. The second kappa shape index (κ2) is 7.20. The number of aromatic amines is 1. The van der Waals surface area contributed by atoms with Crippen molar-refractivity contribution in [3.8, 4) is 11.4 Å². The zero-order valence-corrected chi connectivity index (χ0v) is 16.8. The van der Waals surface area contributed by atoms with E-state index in [2.05, 4.69) is 9.88 Å². The van der Waals surface area contributed by atoms with Crippen molar-refractivity contribution < 1.29 is 5.11 Å². The number of benzene rings is 2. The molecule has 2 aliphatic rings. The van der Waals surface area contributed by atoms with Crippen molar-refractivity contribution in [2.24, 2.45) is 0 Å². The molecule has 0 saturated carbocycles. The number of halogens is 2. The maximum atomic E-state index is 11.0. The molecule has 2 aromatic carbocycles. The van der Waals surface area contributed by atoms with Crippen molar-refractivity contribution in [1.82, 2.24) is 14.9 Å². The quantitative estimate of drug-likeness (QED) is 0.634. The fraction of sp³-hybridized carbons (Fsp3) is 0.318. The van der Waals surface area contributed by atoms with E-state index in [-0.39, 0.29) is 6.04 Å². The van der Waals surface area contributed by atoms with Gasteiger partial charge in [0.1, 0.15) is 5.82 Å². The zero-order chi connectivity index (χ0) is 19.3. The van der Waals surface area contributed by atoms with Crippen LogP contribution in [0.5, 0.6) is 0 Å². The Morgan fingerprint density at radius 3 is 2.82 bits per heavy atom. The summed E-state index contributed by atoms with van der Waals surface area (Å²) in [5.74, 6) is 0.818. The third-order valence-electron chi connectivity index (χ3n) is 5.96. The largest absolute Gasteiger partial charge is 0.387 e. The lowest BCUT2D eigenvalue weighted by atomic mass is 9.84. The Hall–Kier alpha value is -1.85. The van der Waals surface area contributed by atoms with Crippen LogP contribution in [0.3, 0.4) is 0 Å². The van der Waals surface area contributed by atoms with E-state index in [1.165, 1.54) is 5.56 Å². The van der Waals surface area contributed by atoms with Gasteiger partial charge in [-0.15, -0.1) is 0 Å². The summed E-state index contributed by atoms with van der Waals surface area (Å²) < 4.78 is 0. The van der Waals surface area contributed by atoms with Gasteiger partial charge >= 0.3 is 0 Å². The van der Waals surface area contributed by atoms with Crippen LogP contribution in [0.25, 0.3) is 11.4 Å². The van der Waals surface area contributed by atoms with E-state index in [1.54, 1.807) is 0 Å². The van der Waals surface area contributed by atoms with Gasteiger partial charge in [0.05, 0.1) is 22.5 Å². The summed E-state index contributed by atoms with van der Waals surface area (Å²) in [6, 6.07) is 13.7. The summed E-state index contributed by atoms with van der Waals surface area (Å²) >= 11 is 12.5. The number of aryl methyl sites for hydroxylation is 1. The molecule has 0 amide bonds. The number of aromatic nitrogens is 2. The highest BCUT2D eigenvalue weighted by Crippen LogP contribution is 2.37. The number of fused-ring (bicyclic) bond motifs is 2. The Morgan fingerprint density at radius 2 is 1.96 bits per heavy atom. The Balaban J connectivity index is 1.40. The normalized spacial score (nSPS) is 22.0. The van der Waals surface area contributed by atoms with E-state index in [0.717, 1.165) is 60.7 Å². The lowest BCUT2D eigenvalue weighted by molar-refractivity contribution is 0.0277. The number of aliphatic hydroxyl groups excluding tert-OH is 1. The average molecular weight is 414 g/mol. The van der Waals surface area contributed by atoms with Crippen LogP contribution in [0.1, 0.15) is 35.0 Å². The van der Waals surface area contributed by atoms with Crippen LogP contribution < -0.4 is 0 Å². The predicted molar refractivity (Wildman–Crippen MR) is 112 cm³/mol. The molecule has 144 valence electrons. The molecule has 0 fully saturated rings. The first-order valence-electron chi connectivity index (χ1n) is 9.63. The monoisotopic (exact) mass is 413 g/mol. The summed E-state index contributed by atoms with van der Waals surface area (Å²) in [7, 11) is 0. The number of aliphatic hydroxyl groups is 1. The maximum Gasteiger partial charge on any atom is 0.139 e. The standard InChI is InChI=1S/C22H21Cl2N3O/c23-14-7-5-13-6-8-20(21(28)16(13)11-14)27-10-9-18-19(12-27)26-22(25-18)15-3-1-2-4-17(15)24/h1-5,7,11,20-21,28H,6,8-10,12H2,(H,25,26)/t20-,21-/m0/s1. The highest BCUT2D eigenvalue weighted by atomic mass is 35.5. The Kier molecular flexibility index (Phi) is 4.68. The Labute approximate surface area is 174 Å². The molecule has 0 saturated heterocycles. The van der Waals surface area contributed by atoms with Crippen LogP contribution >= 0.6 is 23.2 Å². The van der Waals surface area contributed by atoms with Crippen molar-refractivity contribution in [2.75, 3.05) is 6.54 Å². The van der Waals surface area contributed by atoms with Crippen LogP contribution in [0.15, 0.2) is 42.5 Å². The first-order chi connectivity index (χ1) is 13.6. The smallest absolute Gasteiger partial charge is 0.139 e. The molecule has 0 unspecified atom stereocenters. The molecule has 0 spiro atoms. The summed E-state index contributed by atoms with van der Waals surface area (Å²) in [6.07, 6.45) is 2.25. The molecule has 1 aliphatic carbocycles. The lowest BCUT2D eigenvalue weighted by Gasteiger charge is -2.40. The number of nitrogens with zero attached hydrogens (tertiary/aromatic N) is 2. The van der Waals surface area contributed by atoms with E-state index in [4.69, 9.17) is 28.2 Å². The number of imidazole rings is 1. The van der Waals surface area contributed by atoms with Gasteiger partial charge in [-0.1, -0.05) is 41.4 Å². The van der Waals surface area contributed by atoms with Gasteiger partial charge in [0.2, 0.25) is 0 Å². The van der Waals surface area contributed by atoms with Crippen molar-refractivity contribution in [3.05, 3.63) is 75.0 Å². The lowest BCUT2D eigenvalue weighted by Crippen LogP contribution is -2.44. The van der Waals surface area contributed by atoms with Gasteiger partial charge in [-0.3, -0.25) is 4.90 Å². The van der Waals surface area contributed by atoms with Crippen LogP contribution in [-0.4, -0.2) is 32.6 Å². The maximum absolute atomic E-state index is 11.0. The van der Waals surface area contributed by atoms with Gasteiger partial charge in [-0.25, -0.2) is 4.98 Å². The molecule has 2 atom stereocenters. The van der Waals surface area contributed by atoms with Crippen molar-refractivity contribution in [1.29, 1.82) is 0 Å². The molecule has 5 rings (SSSR count). The van der Waals surface area contributed by atoms with Crippen molar-refractivity contribution in [3.63, 3.8) is 0 Å². The van der Waals surface area contributed by atoms with E-state index in [1.807, 2.05) is 42.5 Å². The predicted octanol–water partition coefficient (Wildman–Crippen LogP) is 4.79. The number of hydrogen-bond donors (Lipinski definition) is 2.